The Labute approximate surface area is 104 Å². The van der Waals surface area contributed by atoms with Crippen LogP contribution in [0.2, 0.25) is 0 Å². The van der Waals surface area contributed by atoms with Gasteiger partial charge in [0.2, 0.25) is 5.91 Å². The van der Waals surface area contributed by atoms with E-state index in [9.17, 15) is 13.2 Å². The highest BCUT2D eigenvalue weighted by Crippen LogP contribution is 2.20. The zero-order valence-electron chi connectivity index (χ0n) is 9.62. The van der Waals surface area contributed by atoms with Crippen molar-refractivity contribution in [3.05, 3.63) is 23.8 Å². The first kappa shape index (κ1) is 14.6. The van der Waals surface area contributed by atoms with Crippen molar-refractivity contribution in [1.29, 1.82) is 0 Å². The first-order valence-corrected chi connectivity index (χ1v) is 6.47. The molecule has 18 heavy (non-hydrogen) atoms. The lowest BCUT2D eigenvalue weighted by molar-refractivity contribution is -0.117. The maximum Gasteiger partial charge on any atom is 0.294 e. The Kier molecular flexibility index (Phi) is 4.41. The quantitative estimate of drug-likeness (QED) is 0.558. The minimum atomic E-state index is -4.47. The first-order valence-electron chi connectivity index (χ1n) is 5.03. The summed E-state index contributed by atoms with van der Waals surface area (Å²) in [6.45, 7) is 0.928. The van der Waals surface area contributed by atoms with Gasteiger partial charge in [-0.25, -0.2) is 0 Å². The molecule has 8 heteroatoms. The Morgan fingerprint density at radius 2 is 2.11 bits per heavy atom. The van der Waals surface area contributed by atoms with Crippen LogP contribution in [0.4, 0.5) is 5.69 Å². The molecule has 0 aliphatic heterocycles. The number of rotatable bonds is 4. The summed E-state index contributed by atoms with van der Waals surface area (Å²) in [5.74, 6) is -0.493. The van der Waals surface area contributed by atoms with Crippen LogP contribution < -0.4 is 11.1 Å². The number of nitrogens with one attached hydrogen (secondary N) is 1. The average molecular weight is 274 g/mol. The monoisotopic (exact) mass is 274 g/mol. The van der Waals surface area contributed by atoms with Gasteiger partial charge in [0, 0.05) is 5.69 Å². The van der Waals surface area contributed by atoms with Crippen LogP contribution in [0.5, 0.6) is 0 Å². The summed E-state index contributed by atoms with van der Waals surface area (Å²) in [5.41, 5.74) is 5.55. The molecule has 0 aliphatic rings. The van der Waals surface area contributed by atoms with Crippen LogP contribution in [-0.2, 0) is 21.5 Å². The maximum absolute atomic E-state index is 11.3. The third-order valence-corrected chi connectivity index (χ3v) is 3.13. The number of benzene rings is 1. The molecule has 7 nitrogen and oxygen atoms in total. The summed E-state index contributed by atoms with van der Waals surface area (Å²) < 4.78 is 31.2. The molecular weight excluding hydrogens is 260 g/mol. The standard InChI is InChI=1S/C10H14N2O5S/c1-6(11)10(14)12-8-3-2-7(5-13)9(4-8)18(15,16)17/h2-4,6,13H,5,11H2,1H3,(H,12,14)(H,15,16,17). The normalized spacial score (nSPS) is 13.1. The number of nitrogens with two attached hydrogens (primary N) is 1. The van der Waals surface area contributed by atoms with Crippen molar-refractivity contribution in [2.45, 2.75) is 24.5 Å². The lowest BCUT2D eigenvalue weighted by Gasteiger charge is -2.10. The lowest BCUT2D eigenvalue weighted by Crippen LogP contribution is -2.32. The van der Waals surface area contributed by atoms with E-state index in [2.05, 4.69) is 5.32 Å². The molecule has 1 aromatic rings. The molecular formula is C10H14N2O5S. The highest BCUT2D eigenvalue weighted by Gasteiger charge is 2.17. The van der Waals surface area contributed by atoms with Gasteiger partial charge in [-0.2, -0.15) is 8.42 Å². The molecule has 5 N–H and O–H groups in total. The van der Waals surface area contributed by atoms with E-state index in [-0.39, 0.29) is 11.3 Å². The third kappa shape index (κ3) is 3.50. The SMILES string of the molecule is CC(N)C(=O)Nc1ccc(CO)c(S(=O)(=O)O)c1. The van der Waals surface area contributed by atoms with Crippen LogP contribution in [0.15, 0.2) is 23.1 Å². The van der Waals surface area contributed by atoms with Gasteiger partial charge < -0.3 is 16.2 Å². The van der Waals surface area contributed by atoms with Gasteiger partial charge in [-0.15, -0.1) is 0 Å². The second-order valence-electron chi connectivity index (χ2n) is 3.73. The largest absolute Gasteiger partial charge is 0.392 e. The van der Waals surface area contributed by atoms with Crippen LogP contribution in [-0.4, -0.2) is 30.0 Å². The number of anilines is 1. The molecule has 0 saturated carbocycles. The second kappa shape index (κ2) is 5.44. The molecule has 1 atom stereocenters. The van der Waals surface area contributed by atoms with Crippen LogP contribution in [0.3, 0.4) is 0 Å². The predicted molar refractivity (Wildman–Crippen MR) is 64.5 cm³/mol. The van der Waals surface area contributed by atoms with Gasteiger partial charge in [-0.05, 0) is 24.6 Å². The smallest absolute Gasteiger partial charge is 0.294 e. The van der Waals surface area contributed by atoms with Crippen molar-refractivity contribution < 1.29 is 22.9 Å². The van der Waals surface area contributed by atoms with Crippen molar-refractivity contribution in [1.82, 2.24) is 0 Å². The summed E-state index contributed by atoms with van der Waals surface area (Å²) in [6, 6.07) is 3.00. The highest BCUT2D eigenvalue weighted by atomic mass is 32.2. The molecule has 1 aromatic carbocycles. The summed E-state index contributed by atoms with van der Waals surface area (Å²) in [4.78, 5) is 10.9. The van der Waals surface area contributed by atoms with Gasteiger partial charge in [-0.1, -0.05) is 6.07 Å². The van der Waals surface area contributed by atoms with Crippen molar-refractivity contribution in [3.8, 4) is 0 Å². The number of carbonyl (C=O) groups excluding carboxylic acids is 1. The Balaban J connectivity index is 3.16. The van der Waals surface area contributed by atoms with Gasteiger partial charge in [0.15, 0.2) is 0 Å². The molecule has 0 bridgehead atoms. The number of hydrogen-bond donors (Lipinski definition) is 4. The summed E-state index contributed by atoms with van der Waals surface area (Å²) in [5, 5.41) is 11.3. The van der Waals surface area contributed by atoms with Crippen LogP contribution in [0.1, 0.15) is 12.5 Å². The van der Waals surface area contributed by atoms with Gasteiger partial charge in [0.25, 0.3) is 10.1 Å². The molecule has 1 rings (SSSR count). The summed E-state index contributed by atoms with van der Waals surface area (Å²) >= 11 is 0. The molecule has 100 valence electrons. The Hall–Kier alpha value is -1.48. The average Bonchev–Trinajstić information content (AvgIpc) is 2.27. The number of carbonyl (C=O) groups is 1. The van der Waals surface area contributed by atoms with Crippen molar-refractivity contribution >= 4 is 21.7 Å². The fourth-order valence-electron chi connectivity index (χ4n) is 1.26. The van der Waals surface area contributed by atoms with Crippen LogP contribution in [0.25, 0.3) is 0 Å². The van der Waals surface area contributed by atoms with E-state index in [4.69, 9.17) is 15.4 Å². The highest BCUT2D eigenvalue weighted by molar-refractivity contribution is 7.85. The molecule has 0 radical (unpaired) electrons. The second-order valence-corrected chi connectivity index (χ2v) is 5.12. The molecule has 0 aromatic heterocycles. The Morgan fingerprint density at radius 3 is 2.56 bits per heavy atom. The molecule has 0 spiro atoms. The molecule has 0 fully saturated rings. The Bertz CT molecular complexity index is 553. The van der Waals surface area contributed by atoms with E-state index < -0.39 is 33.6 Å². The zero-order chi connectivity index (χ0) is 13.9. The van der Waals surface area contributed by atoms with Crippen LogP contribution >= 0.6 is 0 Å². The molecule has 1 unspecified atom stereocenters. The van der Waals surface area contributed by atoms with Crippen molar-refractivity contribution in [2.24, 2.45) is 5.73 Å². The van der Waals surface area contributed by atoms with Gasteiger partial charge in [0.05, 0.1) is 12.6 Å². The zero-order valence-corrected chi connectivity index (χ0v) is 10.4. The summed E-state index contributed by atoms with van der Waals surface area (Å²) in [7, 11) is -4.47. The van der Waals surface area contributed by atoms with Gasteiger partial charge >= 0.3 is 0 Å². The fraction of sp³-hybridized carbons (Fsp3) is 0.300. The number of aliphatic hydroxyl groups is 1. The number of amides is 1. The molecule has 0 saturated heterocycles. The van der Waals surface area contributed by atoms with Crippen molar-refractivity contribution in [3.63, 3.8) is 0 Å². The molecule has 0 aliphatic carbocycles. The fourth-order valence-corrected chi connectivity index (χ4v) is 2.00. The van der Waals surface area contributed by atoms with E-state index in [0.29, 0.717) is 0 Å². The minimum absolute atomic E-state index is 0.0382. The lowest BCUT2D eigenvalue weighted by atomic mass is 10.2. The van der Waals surface area contributed by atoms with Crippen LogP contribution in [0, 0.1) is 0 Å². The van der Waals surface area contributed by atoms with E-state index >= 15 is 0 Å². The predicted octanol–water partition coefficient (Wildman–Crippen LogP) is -0.289. The molecule has 1 amide bonds. The van der Waals surface area contributed by atoms with E-state index in [1.165, 1.54) is 19.1 Å². The van der Waals surface area contributed by atoms with E-state index in [0.717, 1.165) is 6.07 Å². The van der Waals surface area contributed by atoms with Gasteiger partial charge in [0.1, 0.15) is 4.90 Å². The van der Waals surface area contributed by atoms with Crippen molar-refractivity contribution in [2.75, 3.05) is 5.32 Å². The third-order valence-electron chi connectivity index (χ3n) is 2.20. The number of aliphatic hydroxyl groups excluding tert-OH is 1. The maximum atomic E-state index is 11.3. The summed E-state index contributed by atoms with van der Waals surface area (Å²) in [6.07, 6.45) is 0. The van der Waals surface area contributed by atoms with E-state index in [1.807, 2.05) is 0 Å². The Morgan fingerprint density at radius 1 is 1.50 bits per heavy atom. The molecule has 0 heterocycles. The topological polar surface area (TPSA) is 130 Å². The first-order chi connectivity index (χ1) is 8.25. The minimum Gasteiger partial charge on any atom is -0.392 e. The number of hydrogen-bond acceptors (Lipinski definition) is 5. The van der Waals surface area contributed by atoms with E-state index in [1.54, 1.807) is 0 Å². The van der Waals surface area contributed by atoms with Gasteiger partial charge in [-0.3, -0.25) is 9.35 Å².